The summed E-state index contributed by atoms with van der Waals surface area (Å²) in [5.41, 5.74) is 0.372. The summed E-state index contributed by atoms with van der Waals surface area (Å²) in [4.78, 5) is 11.7. The van der Waals surface area contributed by atoms with Crippen LogP contribution in [0.5, 0.6) is 0 Å². The molecule has 1 aliphatic rings. The van der Waals surface area contributed by atoms with Crippen LogP contribution in [0.25, 0.3) is 0 Å². The van der Waals surface area contributed by atoms with Gasteiger partial charge in [0.2, 0.25) is 0 Å². The fourth-order valence-electron chi connectivity index (χ4n) is 2.20. The van der Waals surface area contributed by atoms with Gasteiger partial charge >= 0.3 is 0 Å². The molecule has 2 atom stereocenters. The number of nitrogens with one attached hydrogen (secondary N) is 2. The molecule has 2 unspecified atom stereocenters. The number of H-pyrrole nitrogens is 1. The smallest absolute Gasteiger partial charge is 0.273 e. The van der Waals surface area contributed by atoms with Gasteiger partial charge in [0.1, 0.15) is 0 Å². The minimum Gasteiger partial charge on any atom is -0.348 e. The molecule has 0 bridgehead atoms. The van der Waals surface area contributed by atoms with Crippen LogP contribution >= 0.6 is 0 Å². The van der Waals surface area contributed by atoms with Crippen LogP contribution < -0.4 is 5.32 Å². The first-order valence-electron chi connectivity index (χ1n) is 5.92. The van der Waals surface area contributed by atoms with Crippen molar-refractivity contribution in [1.29, 1.82) is 0 Å². The van der Waals surface area contributed by atoms with Gasteiger partial charge in [-0.05, 0) is 25.2 Å². The van der Waals surface area contributed by atoms with Gasteiger partial charge in [-0.15, -0.1) is 0 Å². The van der Waals surface area contributed by atoms with Crippen LogP contribution in [0, 0.1) is 5.92 Å². The third kappa shape index (κ3) is 2.81. The molecule has 0 aromatic carbocycles. The van der Waals surface area contributed by atoms with Gasteiger partial charge in [0.25, 0.3) is 5.91 Å². The molecule has 0 saturated heterocycles. The summed E-state index contributed by atoms with van der Waals surface area (Å²) in [6.07, 6.45) is 7.28. The average Bonchev–Trinajstić information content (AvgIpc) is 2.72. The van der Waals surface area contributed by atoms with E-state index in [9.17, 15) is 4.79 Å². The zero-order valence-electron chi connectivity index (χ0n) is 9.57. The molecule has 5 nitrogen and oxygen atoms in total. The van der Waals surface area contributed by atoms with E-state index in [0.717, 1.165) is 18.8 Å². The summed E-state index contributed by atoms with van der Waals surface area (Å²) in [5, 5.41) is 12.9. The Kier molecular flexibility index (Phi) is 3.54. The summed E-state index contributed by atoms with van der Waals surface area (Å²) < 4.78 is 0. The van der Waals surface area contributed by atoms with E-state index in [4.69, 9.17) is 0 Å². The van der Waals surface area contributed by atoms with E-state index in [0.29, 0.717) is 11.7 Å². The van der Waals surface area contributed by atoms with Crippen molar-refractivity contribution in [2.45, 2.75) is 45.1 Å². The van der Waals surface area contributed by atoms with Gasteiger partial charge in [-0.1, -0.05) is 19.8 Å². The molecule has 1 amide bonds. The number of nitrogens with zero attached hydrogens (tertiary/aromatic N) is 2. The van der Waals surface area contributed by atoms with Crippen molar-refractivity contribution < 1.29 is 4.79 Å². The van der Waals surface area contributed by atoms with E-state index in [2.05, 4.69) is 27.7 Å². The second kappa shape index (κ2) is 5.09. The maximum atomic E-state index is 11.7. The van der Waals surface area contributed by atoms with E-state index < -0.39 is 0 Å². The summed E-state index contributed by atoms with van der Waals surface area (Å²) in [7, 11) is 0. The van der Waals surface area contributed by atoms with Gasteiger partial charge in [0.05, 0.1) is 6.20 Å². The molecule has 1 fully saturated rings. The molecule has 16 heavy (non-hydrogen) atoms. The van der Waals surface area contributed by atoms with E-state index in [1.165, 1.54) is 25.5 Å². The van der Waals surface area contributed by atoms with Crippen molar-refractivity contribution in [2.24, 2.45) is 5.92 Å². The summed E-state index contributed by atoms with van der Waals surface area (Å²) in [6.45, 7) is 2.28. The van der Waals surface area contributed by atoms with E-state index in [-0.39, 0.29) is 5.91 Å². The van der Waals surface area contributed by atoms with Crippen molar-refractivity contribution in [1.82, 2.24) is 20.7 Å². The summed E-state index contributed by atoms with van der Waals surface area (Å²) >= 11 is 0. The molecule has 1 aromatic rings. The molecule has 2 N–H and O–H groups in total. The van der Waals surface area contributed by atoms with Crippen LogP contribution in [0.15, 0.2) is 6.20 Å². The highest BCUT2D eigenvalue weighted by Crippen LogP contribution is 2.22. The third-order valence-corrected chi connectivity index (χ3v) is 3.24. The van der Waals surface area contributed by atoms with Crippen LogP contribution in [0.2, 0.25) is 0 Å². The normalized spacial score (nSPS) is 26.1. The first-order valence-corrected chi connectivity index (χ1v) is 5.92. The zero-order chi connectivity index (χ0) is 11.4. The lowest BCUT2D eigenvalue weighted by molar-refractivity contribution is 0.0928. The van der Waals surface area contributed by atoms with Gasteiger partial charge in [0.15, 0.2) is 5.69 Å². The number of aromatic nitrogens is 3. The molecular weight excluding hydrogens is 204 g/mol. The van der Waals surface area contributed by atoms with Crippen molar-refractivity contribution >= 4 is 5.91 Å². The molecule has 1 saturated carbocycles. The monoisotopic (exact) mass is 222 g/mol. The summed E-state index contributed by atoms with van der Waals surface area (Å²) in [6, 6.07) is 0.300. The topological polar surface area (TPSA) is 70.7 Å². The van der Waals surface area contributed by atoms with Crippen LogP contribution in [0.3, 0.4) is 0 Å². The fraction of sp³-hybridized carbons (Fsp3) is 0.727. The van der Waals surface area contributed by atoms with Crippen LogP contribution in [0.4, 0.5) is 0 Å². The Morgan fingerprint density at radius 2 is 2.31 bits per heavy atom. The Hall–Kier alpha value is -1.39. The molecule has 2 rings (SSSR count). The largest absolute Gasteiger partial charge is 0.348 e. The third-order valence-electron chi connectivity index (χ3n) is 3.24. The standard InChI is InChI=1S/C11H18N4O/c1-8-3-2-4-9(6-5-8)13-11(16)10-7-12-15-14-10/h7-9H,2-6H2,1H3,(H,13,16)(H,12,14,15). The Labute approximate surface area is 95.0 Å². The first-order chi connectivity index (χ1) is 7.75. The minimum atomic E-state index is -0.117. The highest BCUT2D eigenvalue weighted by Gasteiger charge is 2.19. The number of rotatable bonds is 2. The summed E-state index contributed by atoms with van der Waals surface area (Å²) in [5.74, 6) is 0.669. The van der Waals surface area contributed by atoms with Gasteiger partial charge in [-0.3, -0.25) is 4.79 Å². The lowest BCUT2D eigenvalue weighted by atomic mass is 10.0. The van der Waals surface area contributed by atoms with Crippen molar-refractivity contribution in [3.05, 3.63) is 11.9 Å². The number of aromatic amines is 1. The Balaban J connectivity index is 1.87. The van der Waals surface area contributed by atoms with E-state index in [1.54, 1.807) is 0 Å². The molecule has 5 heteroatoms. The molecule has 1 heterocycles. The lowest BCUT2D eigenvalue weighted by Crippen LogP contribution is -2.34. The zero-order valence-corrected chi connectivity index (χ0v) is 9.57. The Morgan fingerprint density at radius 3 is 3.06 bits per heavy atom. The molecule has 1 aromatic heterocycles. The van der Waals surface area contributed by atoms with Crippen molar-refractivity contribution in [3.8, 4) is 0 Å². The minimum absolute atomic E-state index is 0.117. The van der Waals surface area contributed by atoms with E-state index >= 15 is 0 Å². The highest BCUT2D eigenvalue weighted by atomic mass is 16.2. The molecule has 0 spiro atoms. The molecule has 1 aliphatic carbocycles. The number of carbonyl (C=O) groups is 1. The first kappa shape index (κ1) is 11.1. The quantitative estimate of drug-likeness (QED) is 0.745. The maximum absolute atomic E-state index is 11.7. The number of hydrogen-bond acceptors (Lipinski definition) is 3. The number of carbonyl (C=O) groups excluding carboxylic acids is 1. The SMILES string of the molecule is CC1CCCC(NC(=O)c2cn[nH]n2)CC1. The second-order valence-electron chi connectivity index (χ2n) is 4.64. The van der Waals surface area contributed by atoms with Gasteiger partial charge in [0, 0.05) is 6.04 Å². The molecule has 88 valence electrons. The average molecular weight is 222 g/mol. The molecule has 0 radical (unpaired) electrons. The predicted octanol–water partition coefficient (Wildman–Crippen LogP) is 1.50. The van der Waals surface area contributed by atoms with Crippen LogP contribution in [-0.4, -0.2) is 27.4 Å². The van der Waals surface area contributed by atoms with Gasteiger partial charge in [-0.2, -0.15) is 15.4 Å². The number of amides is 1. The van der Waals surface area contributed by atoms with Crippen LogP contribution in [0.1, 0.15) is 49.5 Å². The lowest BCUT2D eigenvalue weighted by Gasteiger charge is -2.15. The number of hydrogen-bond donors (Lipinski definition) is 2. The fourth-order valence-corrected chi connectivity index (χ4v) is 2.20. The highest BCUT2D eigenvalue weighted by molar-refractivity contribution is 5.91. The maximum Gasteiger partial charge on any atom is 0.273 e. The molecular formula is C11H18N4O. The molecule has 0 aliphatic heterocycles. The predicted molar refractivity (Wildman–Crippen MR) is 59.9 cm³/mol. The van der Waals surface area contributed by atoms with Gasteiger partial charge in [-0.25, -0.2) is 0 Å². The second-order valence-corrected chi connectivity index (χ2v) is 4.64. The van der Waals surface area contributed by atoms with Crippen LogP contribution in [-0.2, 0) is 0 Å². The Morgan fingerprint density at radius 1 is 1.44 bits per heavy atom. The van der Waals surface area contributed by atoms with Crippen molar-refractivity contribution in [3.63, 3.8) is 0 Å². The van der Waals surface area contributed by atoms with Crippen molar-refractivity contribution in [2.75, 3.05) is 0 Å². The Bertz CT molecular complexity index is 336. The van der Waals surface area contributed by atoms with E-state index in [1.807, 2.05) is 0 Å². The van der Waals surface area contributed by atoms with Gasteiger partial charge < -0.3 is 5.32 Å².